The Hall–Kier alpha value is -0.640. The van der Waals surface area contributed by atoms with Crippen LogP contribution in [-0.2, 0) is 18.6 Å². The average Bonchev–Trinajstić information content (AvgIpc) is 3.02. The van der Waals surface area contributed by atoms with E-state index in [0.29, 0.717) is 12.8 Å². The Labute approximate surface area is 171 Å². The molecule has 0 amide bonds. The molecule has 1 fully saturated rings. The highest BCUT2D eigenvalue weighted by Gasteiger charge is 2.33. The number of carbonyl (C=O) groups excluding carboxylic acids is 1. The van der Waals surface area contributed by atoms with Gasteiger partial charge in [-0.3, -0.25) is 9.36 Å². The van der Waals surface area contributed by atoms with E-state index in [0.717, 1.165) is 25.7 Å². The average molecular weight is 417 g/mol. The van der Waals surface area contributed by atoms with Gasteiger partial charge in [0.1, 0.15) is 12.7 Å². The van der Waals surface area contributed by atoms with Gasteiger partial charge < -0.3 is 14.2 Å². The molecule has 1 aliphatic rings. The molecule has 0 saturated carbocycles. The monoisotopic (exact) mass is 416 g/mol. The third-order valence-corrected chi connectivity index (χ3v) is 6.57. The Balaban J connectivity index is 1.81. The van der Waals surface area contributed by atoms with Crippen LogP contribution in [0.1, 0.15) is 103 Å². The number of hydrogen-bond donors (Lipinski definition) is 1. The largest absolute Gasteiger partial charge is 0.463 e. The van der Waals surface area contributed by atoms with Crippen molar-refractivity contribution in [2.75, 3.05) is 12.8 Å². The van der Waals surface area contributed by atoms with E-state index in [1.54, 1.807) is 0 Å². The summed E-state index contributed by atoms with van der Waals surface area (Å²) in [5, 5.41) is 0. The van der Waals surface area contributed by atoms with Crippen LogP contribution in [0.2, 0.25) is 0 Å². The van der Waals surface area contributed by atoms with Gasteiger partial charge in [0.15, 0.2) is 0 Å². The first-order valence-corrected chi connectivity index (χ1v) is 13.1. The van der Waals surface area contributed by atoms with Gasteiger partial charge in [-0.2, -0.15) is 0 Å². The van der Waals surface area contributed by atoms with Crippen LogP contribution in [-0.4, -0.2) is 29.7 Å². The number of carbonyl (C=O) groups is 1. The maximum absolute atomic E-state index is 11.7. The van der Waals surface area contributed by atoms with Crippen molar-refractivity contribution in [3.8, 4) is 0 Å². The zero-order valence-corrected chi connectivity index (χ0v) is 18.7. The molecule has 0 bridgehead atoms. The smallest absolute Gasteiger partial charge is 0.328 e. The van der Waals surface area contributed by atoms with Crippen molar-refractivity contribution in [1.29, 1.82) is 0 Å². The van der Waals surface area contributed by atoms with E-state index >= 15 is 0 Å². The van der Waals surface area contributed by atoms with E-state index in [1.807, 2.05) is 0 Å². The van der Waals surface area contributed by atoms with Crippen molar-refractivity contribution in [1.82, 2.24) is 0 Å². The zero-order valence-electron chi connectivity index (χ0n) is 17.8. The lowest BCUT2D eigenvalue weighted by Gasteiger charge is -2.10. The van der Waals surface area contributed by atoms with Crippen LogP contribution in [0.25, 0.3) is 0 Å². The Morgan fingerprint density at radius 1 is 1.00 bits per heavy atom. The standard InChI is InChI=1S/C22H41O5P/c1-2-3-4-5-6-7-8-9-10-11-12-13-14-15-16-17-22(23)26-20-21-18-19-28(24,25)27-21/h9-10,21H,2-8,11-20H2,1H3,(H,24,25)/b10-9+/t21-/m1/s1. The van der Waals surface area contributed by atoms with Gasteiger partial charge in [-0.1, -0.05) is 70.4 Å². The van der Waals surface area contributed by atoms with E-state index in [1.165, 1.54) is 57.8 Å². The fourth-order valence-electron chi connectivity index (χ4n) is 3.36. The van der Waals surface area contributed by atoms with Crippen LogP contribution in [0.4, 0.5) is 0 Å². The van der Waals surface area contributed by atoms with E-state index in [2.05, 4.69) is 19.1 Å². The van der Waals surface area contributed by atoms with Crippen molar-refractivity contribution in [2.45, 2.75) is 109 Å². The second-order valence-electron chi connectivity index (χ2n) is 7.89. The van der Waals surface area contributed by atoms with Crippen LogP contribution in [0.15, 0.2) is 12.2 Å². The molecule has 0 radical (unpaired) electrons. The van der Waals surface area contributed by atoms with Crippen molar-refractivity contribution in [3.05, 3.63) is 12.2 Å². The summed E-state index contributed by atoms with van der Waals surface area (Å²) in [4.78, 5) is 20.9. The molecule has 6 heteroatoms. The van der Waals surface area contributed by atoms with Crippen LogP contribution in [0.3, 0.4) is 0 Å². The number of esters is 1. The van der Waals surface area contributed by atoms with Gasteiger partial charge in [-0.15, -0.1) is 0 Å². The normalized spacial score (nSPS) is 22.1. The first-order chi connectivity index (χ1) is 13.5. The summed E-state index contributed by atoms with van der Waals surface area (Å²) < 4.78 is 21.4. The van der Waals surface area contributed by atoms with Gasteiger partial charge in [0.25, 0.3) is 0 Å². The minimum Gasteiger partial charge on any atom is -0.463 e. The Kier molecular flexibility index (Phi) is 14.7. The summed E-state index contributed by atoms with van der Waals surface area (Å²) in [5.74, 6) is -0.235. The highest BCUT2D eigenvalue weighted by molar-refractivity contribution is 7.53. The quantitative estimate of drug-likeness (QED) is 0.126. The Morgan fingerprint density at radius 3 is 2.14 bits per heavy atom. The van der Waals surface area contributed by atoms with Crippen LogP contribution < -0.4 is 0 Å². The third-order valence-electron chi connectivity index (χ3n) is 5.12. The predicted molar refractivity (Wildman–Crippen MR) is 115 cm³/mol. The topological polar surface area (TPSA) is 72.8 Å². The summed E-state index contributed by atoms with van der Waals surface area (Å²) in [5.41, 5.74) is 0. The van der Waals surface area contributed by atoms with E-state index in [-0.39, 0.29) is 18.7 Å². The molecule has 0 aromatic rings. The molecule has 1 rings (SSSR count). The number of rotatable bonds is 17. The maximum Gasteiger partial charge on any atom is 0.328 e. The maximum atomic E-state index is 11.7. The lowest BCUT2D eigenvalue weighted by molar-refractivity contribution is -0.146. The van der Waals surface area contributed by atoms with Gasteiger partial charge in [-0.05, 0) is 38.5 Å². The van der Waals surface area contributed by atoms with E-state index < -0.39 is 13.7 Å². The summed E-state index contributed by atoms with van der Waals surface area (Å²) in [6, 6.07) is 0. The number of allylic oxidation sites excluding steroid dienone is 2. The van der Waals surface area contributed by atoms with Crippen LogP contribution in [0, 0.1) is 0 Å². The fraction of sp³-hybridized carbons (Fsp3) is 0.864. The molecule has 0 spiro atoms. The van der Waals surface area contributed by atoms with Crippen molar-refractivity contribution < 1.29 is 23.5 Å². The van der Waals surface area contributed by atoms with Crippen LogP contribution >= 0.6 is 7.60 Å². The lowest BCUT2D eigenvalue weighted by atomic mass is 10.1. The summed E-state index contributed by atoms with van der Waals surface area (Å²) in [6.07, 6.45) is 21.3. The molecule has 0 aromatic heterocycles. The minimum absolute atomic E-state index is 0.0917. The third kappa shape index (κ3) is 14.4. The van der Waals surface area contributed by atoms with Gasteiger partial charge >= 0.3 is 13.6 Å². The Morgan fingerprint density at radius 2 is 1.57 bits per heavy atom. The van der Waals surface area contributed by atoms with Gasteiger partial charge in [0.05, 0.1) is 6.16 Å². The summed E-state index contributed by atoms with van der Waals surface area (Å²) in [6.45, 7) is 2.35. The molecular weight excluding hydrogens is 375 g/mol. The lowest BCUT2D eigenvalue weighted by Crippen LogP contribution is -2.17. The highest BCUT2D eigenvalue weighted by Crippen LogP contribution is 2.50. The SMILES string of the molecule is CCCCCCCC/C=C/CCCCCCCC(=O)OC[C@H]1CCP(=O)(O)O1. The molecule has 5 nitrogen and oxygen atoms in total. The minimum atomic E-state index is -3.41. The predicted octanol–water partition coefficient (Wildman–Crippen LogP) is 6.54. The molecule has 1 saturated heterocycles. The molecular formula is C22H41O5P. The van der Waals surface area contributed by atoms with Crippen molar-refractivity contribution >= 4 is 13.6 Å². The molecule has 1 N–H and O–H groups in total. The number of ether oxygens (including phenoxy) is 1. The second kappa shape index (κ2) is 16.2. The van der Waals surface area contributed by atoms with Crippen molar-refractivity contribution in [2.24, 2.45) is 0 Å². The number of hydrogen-bond acceptors (Lipinski definition) is 4. The first-order valence-electron chi connectivity index (χ1n) is 11.3. The molecule has 1 aliphatic heterocycles. The molecule has 1 unspecified atom stereocenters. The number of unbranched alkanes of at least 4 members (excludes halogenated alkanes) is 11. The second-order valence-corrected chi connectivity index (χ2v) is 9.83. The van der Waals surface area contributed by atoms with E-state index in [9.17, 15) is 14.3 Å². The summed E-state index contributed by atoms with van der Waals surface area (Å²) >= 11 is 0. The highest BCUT2D eigenvalue weighted by atomic mass is 31.2. The molecule has 2 atom stereocenters. The summed E-state index contributed by atoms with van der Waals surface area (Å²) in [7, 11) is -3.41. The molecule has 164 valence electrons. The zero-order chi connectivity index (χ0) is 20.5. The molecule has 28 heavy (non-hydrogen) atoms. The van der Waals surface area contributed by atoms with E-state index in [4.69, 9.17) is 9.26 Å². The van der Waals surface area contributed by atoms with Crippen LogP contribution in [0.5, 0.6) is 0 Å². The van der Waals surface area contributed by atoms with Gasteiger partial charge in [0, 0.05) is 6.42 Å². The Bertz CT molecular complexity index is 478. The molecule has 0 aromatic carbocycles. The molecule has 0 aliphatic carbocycles. The van der Waals surface area contributed by atoms with Crippen molar-refractivity contribution in [3.63, 3.8) is 0 Å². The van der Waals surface area contributed by atoms with Gasteiger partial charge in [-0.25, -0.2) is 0 Å². The molecule has 1 heterocycles. The van der Waals surface area contributed by atoms with Gasteiger partial charge in [0.2, 0.25) is 0 Å². The first kappa shape index (κ1) is 25.4. The fourth-order valence-corrected chi connectivity index (χ4v) is 4.71.